The van der Waals surface area contributed by atoms with Crippen LogP contribution in [0.2, 0.25) is 0 Å². The zero-order valence-corrected chi connectivity index (χ0v) is 10.7. The molecule has 2 aromatic rings. The Hall–Kier alpha value is -2.77. The molecule has 0 bridgehead atoms. The minimum atomic E-state index is -0.989. The van der Waals surface area contributed by atoms with E-state index in [1.54, 1.807) is 12.1 Å². The van der Waals surface area contributed by atoms with E-state index in [-0.39, 0.29) is 18.4 Å². The average Bonchev–Trinajstić information content (AvgIpc) is 2.98. The van der Waals surface area contributed by atoms with Crippen LogP contribution in [0.3, 0.4) is 0 Å². The topological polar surface area (TPSA) is 112 Å². The average molecular weight is 275 g/mol. The molecule has 0 aliphatic rings. The molecule has 0 saturated carbocycles. The SMILES string of the molecule is CC(CN(C(=O)c1ccncc1)c1ncn[nH]1)C(=O)O. The van der Waals surface area contributed by atoms with Crippen LogP contribution in [-0.4, -0.2) is 43.7 Å². The normalized spacial score (nSPS) is 11.8. The number of carboxylic acid groups (broad SMARTS) is 1. The molecule has 2 heterocycles. The van der Waals surface area contributed by atoms with Crippen LogP contribution in [0.1, 0.15) is 17.3 Å². The zero-order valence-electron chi connectivity index (χ0n) is 10.7. The molecule has 8 nitrogen and oxygen atoms in total. The summed E-state index contributed by atoms with van der Waals surface area (Å²) in [7, 11) is 0. The van der Waals surface area contributed by atoms with E-state index in [1.807, 2.05) is 0 Å². The van der Waals surface area contributed by atoms with E-state index in [2.05, 4.69) is 20.2 Å². The molecular weight excluding hydrogens is 262 g/mol. The molecule has 1 unspecified atom stereocenters. The molecule has 0 aliphatic heterocycles. The molecule has 2 N–H and O–H groups in total. The van der Waals surface area contributed by atoms with Crippen molar-refractivity contribution in [1.29, 1.82) is 0 Å². The lowest BCUT2D eigenvalue weighted by Crippen LogP contribution is -2.37. The number of carboxylic acids is 1. The predicted octanol–water partition coefficient (Wildman–Crippen LogP) is 0.567. The second kappa shape index (κ2) is 5.91. The van der Waals surface area contributed by atoms with Gasteiger partial charge in [0.2, 0.25) is 5.95 Å². The van der Waals surface area contributed by atoms with Crippen molar-refractivity contribution in [2.75, 3.05) is 11.4 Å². The monoisotopic (exact) mass is 275 g/mol. The summed E-state index contributed by atoms with van der Waals surface area (Å²) in [4.78, 5) is 32.4. The Labute approximate surface area is 114 Å². The van der Waals surface area contributed by atoms with E-state index in [4.69, 9.17) is 5.11 Å². The van der Waals surface area contributed by atoms with Crippen LogP contribution in [0, 0.1) is 5.92 Å². The molecule has 0 radical (unpaired) electrons. The Kier molecular flexibility index (Phi) is 4.04. The van der Waals surface area contributed by atoms with Crippen molar-refractivity contribution in [2.45, 2.75) is 6.92 Å². The third-order valence-corrected chi connectivity index (χ3v) is 2.71. The van der Waals surface area contributed by atoms with Gasteiger partial charge in [0.25, 0.3) is 5.91 Å². The summed E-state index contributed by atoms with van der Waals surface area (Å²) in [6.45, 7) is 1.51. The number of aromatic nitrogens is 4. The van der Waals surface area contributed by atoms with Gasteiger partial charge in [-0.1, -0.05) is 6.92 Å². The van der Waals surface area contributed by atoms with Crippen LogP contribution < -0.4 is 4.90 Å². The number of hydrogen-bond acceptors (Lipinski definition) is 5. The maximum Gasteiger partial charge on any atom is 0.308 e. The fourth-order valence-corrected chi connectivity index (χ4v) is 1.60. The molecule has 8 heteroatoms. The molecule has 0 spiro atoms. The van der Waals surface area contributed by atoms with E-state index in [9.17, 15) is 9.59 Å². The van der Waals surface area contributed by atoms with Crippen molar-refractivity contribution >= 4 is 17.8 Å². The lowest BCUT2D eigenvalue weighted by molar-refractivity contribution is -0.140. The lowest BCUT2D eigenvalue weighted by atomic mass is 10.1. The van der Waals surface area contributed by atoms with Crippen molar-refractivity contribution in [3.8, 4) is 0 Å². The number of hydrogen-bond donors (Lipinski definition) is 2. The molecule has 2 aromatic heterocycles. The highest BCUT2D eigenvalue weighted by molar-refractivity contribution is 6.05. The summed E-state index contributed by atoms with van der Waals surface area (Å²) in [5.41, 5.74) is 0.397. The number of carbonyl (C=O) groups excluding carboxylic acids is 1. The zero-order chi connectivity index (χ0) is 14.5. The third-order valence-electron chi connectivity index (χ3n) is 2.71. The van der Waals surface area contributed by atoms with Crippen LogP contribution in [0.25, 0.3) is 0 Å². The first-order valence-electron chi connectivity index (χ1n) is 5.89. The molecular formula is C12H13N5O3. The van der Waals surface area contributed by atoms with Crippen molar-refractivity contribution in [1.82, 2.24) is 20.2 Å². The Morgan fingerprint density at radius 2 is 2.10 bits per heavy atom. The van der Waals surface area contributed by atoms with Gasteiger partial charge in [-0.25, -0.2) is 5.10 Å². The van der Waals surface area contributed by atoms with Gasteiger partial charge in [-0.05, 0) is 12.1 Å². The molecule has 1 amide bonds. The summed E-state index contributed by atoms with van der Waals surface area (Å²) in [6, 6.07) is 3.11. The number of amides is 1. The Balaban J connectivity index is 2.28. The van der Waals surface area contributed by atoms with Gasteiger partial charge in [0, 0.05) is 24.5 Å². The number of rotatable bonds is 5. The second-order valence-corrected chi connectivity index (χ2v) is 4.20. The first-order chi connectivity index (χ1) is 9.59. The highest BCUT2D eigenvalue weighted by atomic mass is 16.4. The number of H-pyrrole nitrogens is 1. The Morgan fingerprint density at radius 1 is 1.40 bits per heavy atom. The molecule has 104 valence electrons. The van der Waals surface area contributed by atoms with Crippen LogP contribution in [-0.2, 0) is 4.79 Å². The van der Waals surface area contributed by atoms with E-state index >= 15 is 0 Å². The summed E-state index contributed by atoms with van der Waals surface area (Å²) in [5.74, 6) is -1.87. The van der Waals surface area contributed by atoms with Crippen molar-refractivity contribution in [3.63, 3.8) is 0 Å². The van der Waals surface area contributed by atoms with Crippen LogP contribution >= 0.6 is 0 Å². The van der Waals surface area contributed by atoms with Gasteiger partial charge >= 0.3 is 5.97 Å². The van der Waals surface area contributed by atoms with Crippen LogP contribution in [0.4, 0.5) is 5.95 Å². The fraction of sp³-hybridized carbons (Fsp3) is 0.250. The van der Waals surface area contributed by atoms with Gasteiger partial charge in [-0.3, -0.25) is 19.5 Å². The van der Waals surface area contributed by atoms with E-state index in [1.165, 1.54) is 30.5 Å². The summed E-state index contributed by atoms with van der Waals surface area (Å²) < 4.78 is 0. The summed E-state index contributed by atoms with van der Waals surface area (Å²) >= 11 is 0. The van der Waals surface area contributed by atoms with E-state index in [0.717, 1.165) is 0 Å². The molecule has 1 atom stereocenters. The number of aromatic amines is 1. The number of nitrogens with zero attached hydrogens (tertiary/aromatic N) is 4. The third kappa shape index (κ3) is 2.97. The summed E-state index contributed by atoms with van der Waals surface area (Å²) in [5, 5.41) is 15.2. The van der Waals surface area contributed by atoms with Gasteiger partial charge in [0.1, 0.15) is 6.33 Å². The number of aliphatic carboxylic acids is 1. The van der Waals surface area contributed by atoms with Gasteiger partial charge < -0.3 is 5.11 Å². The van der Waals surface area contributed by atoms with E-state index in [0.29, 0.717) is 5.56 Å². The molecule has 20 heavy (non-hydrogen) atoms. The fourth-order valence-electron chi connectivity index (χ4n) is 1.60. The molecule has 0 aromatic carbocycles. The van der Waals surface area contributed by atoms with Crippen molar-refractivity contribution in [3.05, 3.63) is 36.4 Å². The van der Waals surface area contributed by atoms with Crippen molar-refractivity contribution < 1.29 is 14.7 Å². The maximum absolute atomic E-state index is 12.4. The Morgan fingerprint density at radius 3 is 2.65 bits per heavy atom. The molecule has 0 saturated heterocycles. The minimum absolute atomic E-state index is 0.00825. The van der Waals surface area contributed by atoms with Crippen molar-refractivity contribution in [2.24, 2.45) is 5.92 Å². The quantitative estimate of drug-likeness (QED) is 0.824. The number of carbonyl (C=O) groups is 2. The smallest absolute Gasteiger partial charge is 0.308 e. The highest BCUT2D eigenvalue weighted by Gasteiger charge is 2.24. The van der Waals surface area contributed by atoms with Gasteiger partial charge in [0.15, 0.2) is 0 Å². The lowest BCUT2D eigenvalue weighted by Gasteiger charge is -2.21. The molecule has 2 rings (SSSR count). The molecule has 0 fully saturated rings. The number of anilines is 1. The van der Waals surface area contributed by atoms with Gasteiger partial charge in [-0.2, -0.15) is 10.1 Å². The van der Waals surface area contributed by atoms with Gasteiger partial charge in [-0.15, -0.1) is 0 Å². The molecule has 0 aliphatic carbocycles. The Bertz CT molecular complexity index is 584. The largest absolute Gasteiger partial charge is 0.481 e. The second-order valence-electron chi connectivity index (χ2n) is 4.20. The standard InChI is InChI=1S/C12H13N5O3/c1-8(11(19)20)6-17(12-14-7-15-16-12)10(18)9-2-4-13-5-3-9/h2-5,7-8H,6H2,1H3,(H,19,20)(H,14,15,16). The van der Waals surface area contributed by atoms with Crippen LogP contribution in [0.15, 0.2) is 30.9 Å². The summed E-state index contributed by atoms with van der Waals surface area (Å²) in [6.07, 6.45) is 4.24. The predicted molar refractivity (Wildman–Crippen MR) is 69.1 cm³/mol. The first-order valence-corrected chi connectivity index (χ1v) is 5.89. The minimum Gasteiger partial charge on any atom is -0.481 e. The highest BCUT2D eigenvalue weighted by Crippen LogP contribution is 2.13. The van der Waals surface area contributed by atoms with Gasteiger partial charge in [0.05, 0.1) is 5.92 Å². The van der Waals surface area contributed by atoms with Crippen LogP contribution in [0.5, 0.6) is 0 Å². The van der Waals surface area contributed by atoms with E-state index < -0.39 is 11.9 Å². The maximum atomic E-state index is 12.4. The number of nitrogens with one attached hydrogen (secondary N) is 1. The number of pyridine rings is 1. The first kappa shape index (κ1) is 13.7.